The summed E-state index contributed by atoms with van der Waals surface area (Å²) in [6, 6.07) is 8.48. The SMILES string of the molecule is CN(C)CCc1cn(C[C@H]2COC(=O)N2)c2ccccc12. The Balaban J connectivity index is 1.85. The molecule has 1 aromatic carbocycles. The summed E-state index contributed by atoms with van der Waals surface area (Å²) >= 11 is 0. The van der Waals surface area contributed by atoms with Gasteiger partial charge >= 0.3 is 6.09 Å². The zero-order valence-electron chi connectivity index (χ0n) is 12.5. The van der Waals surface area contributed by atoms with Gasteiger partial charge in [-0.2, -0.15) is 0 Å². The number of hydrogen-bond donors (Lipinski definition) is 1. The molecule has 2 heterocycles. The van der Waals surface area contributed by atoms with E-state index in [-0.39, 0.29) is 12.1 Å². The van der Waals surface area contributed by atoms with Gasteiger partial charge in [0, 0.05) is 30.2 Å². The summed E-state index contributed by atoms with van der Waals surface area (Å²) in [5.41, 5.74) is 2.57. The maximum Gasteiger partial charge on any atom is 0.407 e. The number of aromatic nitrogens is 1. The van der Waals surface area contributed by atoms with Gasteiger partial charge in [0.05, 0.1) is 6.04 Å². The van der Waals surface area contributed by atoms with Gasteiger partial charge in [0.1, 0.15) is 6.61 Å². The number of fused-ring (bicyclic) bond motifs is 1. The molecule has 21 heavy (non-hydrogen) atoms. The first kappa shape index (κ1) is 13.9. The molecule has 0 spiro atoms. The highest BCUT2D eigenvalue weighted by molar-refractivity contribution is 5.84. The second kappa shape index (κ2) is 5.77. The van der Waals surface area contributed by atoms with Crippen LogP contribution in [0.1, 0.15) is 5.56 Å². The molecule has 5 nitrogen and oxygen atoms in total. The Morgan fingerprint density at radius 1 is 1.38 bits per heavy atom. The largest absolute Gasteiger partial charge is 0.447 e. The summed E-state index contributed by atoms with van der Waals surface area (Å²) in [6.07, 6.45) is 2.91. The minimum Gasteiger partial charge on any atom is -0.447 e. The highest BCUT2D eigenvalue weighted by atomic mass is 16.6. The summed E-state index contributed by atoms with van der Waals surface area (Å²) in [6.45, 7) is 2.21. The lowest BCUT2D eigenvalue weighted by molar-refractivity contribution is 0.176. The highest BCUT2D eigenvalue weighted by Gasteiger charge is 2.23. The van der Waals surface area contributed by atoms with Crippen LogP contribution in [0.5, 0.6) is 0 Å². The molecule has 112 valence electrons. The molecule has 0 aliphatic carbocycles. The van der Waals surface area contributed by atoms with E-state index in [2.05, 4.69) is 59.3 Å². The van der Waals surface area contributed by atoms with E-state index in [1.54, 1.807) is 0 Å². The maximum absolute atomic E-state index is 11.1. The summed E-state index contributed by atoms with van der Waals surface area (Å²) in [4.78, 5) is 13.3. The number of nitrogens with one attached hydrogen (secondary N) is 1. The molecule has 1 amide bonds. The summed E-state index contributed by atoms with van der Waals surface area (Å²) < 4.78 is 7.19. The van der Waals surface area contributed by atoms with E-state index in [9.17, 15) is 4.79 Å². The Kier molecular flexibility index (Phi) is 3.84. The minimum atomic E-state index is -0.315. The van der Waals surface area contributed by atoms with Crippen molar-refractivity contribution < 1.29 is 9.53 Å². The Morgan fingerprint density at radius 2 is 2.19 bits per heavy atom. The molecule has 1 atom stereocenters. The van der Waals surface area contributed by atoms with Gasteiger partial charge in [0.2, 0.25) is 0 Å². The Morgan fingerprint density at radius 3 is 2.90 bits per heavy atom. The third kappa shape index (κ3) is 3.03. The standard InChI is InChI=1S/C16H21N3O2/c1-18(2)8-7-12-9-19(10-13-11-21-16(20)17-13)15-6-4-3-5-14(12)15/h3-6,9,13H,7-8,10-11H2,1-2H3,(H,17,20)/t13-/m0/s1. The number of amides is 1. The minimum absolute atomic E-state index is 0.0509. The van der Waals surface area contributed by atoms with Gasteiger partial charge in [-0.15, -0.1) is 0 Å². The van der Waals surface area contributed by atoms with Gasteiger partial charge in [0.15, 0.2) is 0 Å². The van der Waals surface area contributed by atoms with Crippen LogP contribution in [0.4, 0.5) is 4.79 Å². The lowest BCUT2D eigenvalue weighted by atomic mass is 10.1. The number of nitrogens with zero attached hydrogens (tertiary/aromatic N) is 2. The molecular formula is C16H21N3O2. The number of alkyl carbamates (subject to hydrolysis) is 1. The van der Waals surface area contributed by atoms with Crippen LogP contribution >= 0.6 is 0 Å². The molecule has 5 heteroatoms. The number of para-hydroxylation sites is 1. The fourth-order valence-electron chi connectivity index (χ4n) is 2.78. The molecule has 1 N–H and O–H groups in total. The lowest BCUT2D eigenvalue weighted by Crippen LogP contribution is -2.30. The first-order valence-electron chi connectivity index (χ1n) is 7.28. The van der Waals surface area contributed by atoms with Gasteiger partial charge in [-0.3, -0.25) is 0 Å². The number of ether oxygens (including phenoxy) is 1. The molecule has 3 rings (SSSR count). The first-order valence-corrected chi connectivity index (χ1v) is 7.28. The first-order chi connectivity index (χ1) is 10.1. The molecule has 0 unspecified atom stereocenters. The van der Waals surface area contributed by atoms with Crippen LogP contribution in [-0.4, -0.2) is 48.8 Å². The molecule has 1 aliphatic rings. The van der Waals surface area contributed by atoms with Gasteiger partial charge < -0.3 is 19.5 Å². The quantitative estimate of drug-likeness (QED) is 0.913. The van der Waals surface area contributed by atoms with Crippen LogP contribution in [0.3, 0.4) is 0 Å². The van der Waals surface area contributed by atoms with Gasteiger partial charge in [0.25, 0.3) is 0 Å². The number of rotatable bonds is 5. The van der Waals surface area contributed by atoms with Gasteiger partial charge in [-0.1, -0.05) is 18.2 Å². The van der Waals surface area contributed by atoms with E-state index >= 15 is 0 Å². The van der Waals surface area contributed by atoms with Gasteiger partial charge in [-0.05, 0) is 32.1 Å². The number of carbonyl (C=O) groups is 1. The average molecular weight is 287 g/mol. The van der Waals surface area contributed by atoms with Crippen LogP contribution in [0.15, 0.2) is 30.5 Å². The Labute approximate surface area is 124 Å². The number of hydrogen-bond acceptors (Lipinski definition) is 3. The highest BCUT2D eigenvalue weighted by Crippen LogP contribution is 2.22. The van der Waals surface area contributed by atoms with Crippen LogP contribution in [0, 0.1) is 0 Å². The number of benzene rings is 1. The van der Waals surface area contributed by atoms with Crippen molar-refractivity contribution in [2.75, 3.05) is 27.2 Å². The summed E-state index contributed by atoms with van der Waals surface area (Å²) in [5.74, 6) is 0. The van der Waals surface area contributed by atoms with Crippen molar-refractivity contribution in [1.82, 2.24) is 14.8 Å². The monoisotopic (exact) mass is 287 g/mol. The second-order valence-corrected chi connectivity index (χ2v) is 5.82. The molecule has 0 radical (unpaired) electrons. The molecule has 2 aromatic rings. The van der Waals surface area contributed by atoms with Crippen molar-refractivity contribution in [3.05, 3.63) is 36.0 Å². The second-order valence-electron chi connectivity index (χ2n) is 5.82. The fourth-order valence-corrected chi connectivity index (χ4v) is 2.78. The van der Waals surface area contributed by atoms with Crippen molar-refractivity contribution >= 4 is 17.0 Å². The number of likely N-dealkylation sites (N-methyl/N-ethyl adjacent to an activating group) is 1. The normalized spacial score (nSPS) is 18.2. The van der Waals surface area contributed by atoms with Gasteiger partial charge in [-0.25, -0.2) is 4.79 Å². The zero-order chi connectivity index (χ0) is 14.8. The molecule has 0 bridgehead atoms. The van der Waals surface area contributed by atoms with Crippen LogP contribution in [0.2, 0.25) is 0 Å². The summed E-state index contributed by atoms with van der Waals surface area (Å²) in [5, 5.41) is 4.13. The number of carbonyl (C=O) groups excluding carboxylic acids is 1. The molecule has 1 aliphatic heterocycles. The van der Waals surface area contributed by atoms with E-state index in [0.29, 0.717) is 6.61 Å². The Bertz CT molecular complexity index is 648. The molecular weight excluding hydrogens is 266 g/mol. The smallest absolute Gasteiger partial charge is 0.407 e. The van der Waals surface area contributed by atoms with Crippen LogP contribution in [-0.2, 0) is 17.7 Å². The summed E-state index contributed by atoms with van der Waals surface area (Å²) in [7, 11) is 4.18. The van der Waals surface area contributed by atoms with E-state index in [0.717, 1.165) is 19.5 Å². The van der Waals surface area contributed by atoms with Crippen molar-refractivity contribution in [2.24, 2.45) is 0 Å². The lowest BCUT2D eigenvalue weighted by Gasteiger charge is -2.10. The Hall–Kier alpha value is -2.01. The van der Waals surface area contributed by atoms with E-state index in [1.807, 2.05) is 0 Å². The zero-order valence-corrected chi connectivity index (χ0v) is 12.5. The average Bonchev–Trinajstić information content (AvgIpc) is 3.02. The topological polar surface area (TPSA) is 46.5 Å². The molecule has 1 saturated heterocycles. The van der Waals surface area contributed by atoms with E-state index < -0.39 is 0 Å². The third-order valence-corrected chi connectivity index (χ3v) is 3.85. The van der Waals surface area contributed by atoms with Crippen LogP contribution < -0.4 is 5.32 Å². The van der Waals surface area contributed by atoms with Crippen molar-refractivity contribution in [2.45, 2.75) is 19.0 Å². The predicted octanol–water partition coefficient (Wildman–Crippen LogP) is 1.85. The van der Waals surface area contributed by atoms with E-state index in [1.165, 1.54) is 16.5 Å². The maximum atomic E-state index is 11.1. The van der Waals surface area contributed by atoms with Crippen LogP contribution in [0.25, 0.3) is 10.9 Å². The van der Waals surface area contributed by atoms with Crippen molar-refractivity contribution in [3.63, 3.8) is 0 Å². The molecule has 1 fully saturated rings. The van der Waals surface area contributed by atoms with Crippen molar-refractivity contribution in [1.29, 1.82) is 0 Å². The fraction of sp³-hybridized carbons (Fsp3) is 0.438. The predicted molar refractivity (Wildman–Crippen MR) is 82.5 cm³/mol. The number of cyclic esters (lactones) is 1. The third-order valence-electron chi connectivity index (χ3n) is 3.85. The van der Waals surface area contributed by atoms with Crippen molar-refractivity contribution in [3.8, 4) is 0 Å². The van der Waals surface area contributed by atoms with E-state index in [4.69, 9.17) is 4.74 Å². The molecule has 0 saturated carbocycles. The molecule has 1 aromatic heterocycles.